The van der Waals surface area contributed by atoms with Crippen LogP contribution < -0.4 is 0 Å². The molecular weight excluding hydrogens is 249 g/mol. The summed E-state index contributed by atoms with van der Waals surface area (Å²) in [5.41, 5.74) is 0. The molecule has 0 aromatic rings. The van der Waals surface area contributed by atoms with Gasteiger partial charge in [-0.25, -0.2) is 0 Å². The second kappa shape index (κ2) is 273. The monoisotopic (exact) mass is 249 g/mol. The van der Waals surface area contributed by atoms with Crippen molar-refractivity contribution in [3.63, 3.8) is 0 Å². The average molecular weight is 249 g/mol. The van der Waals surface area contributed by atoms with Gasteiger partial charge in [-0.05, 0) is 0 Å². The van der Waals surface area contributed by atoms with Crippen molar-refractivity contribution in [1.82, 2.24) is 0 Å². The summed E-state index contributed by atoms with van der Waals surface area (Å²) in [5, 5.41) is 0. The first-order valence-corrected chi connectivity index (χ1v) is 2.69. The van der Waals surface area contributed by atoms with Crippen LogP contribution in [0.25, 0.3) is 0 Å². The molecule has 0 unspecified atom stereocenters. The van der Waals surface area contributed by atoms with Gasteiger partial charge in [0.15, 0.2) is 0 Å². The second-order valence-corrected chi connectivity index (χ2v) is 0.500. The van der Waals surface area contributed by atoms with Crippen molar-refractivity contribution in [2.75, 3.05) is 0 Å². The van der Waals surface area contributed by atoms with E-state index in [0.717, 1.165) is 0 Å². The first-order chi connectivity index (χ1) is 3.83. The molecule has 0 saturated heterocycles. The normalized spacial score (nSPS) is 1.46. The largest absolute Gasteiger partial charge is 2.00 e. The van der Waals surface area contributed by atoms with Crippen LogP contribution in [-0.4, -0.2) is 61.0 Å². The molecule has 0 N–H and O–H groups in total. The van der Waals surface area contributed by atoms with Crippen molar-refractivity contribution < 1.29 is 39.0 Å². The summed E-state index contributed by atoms with van der Waals surface area (Å²) in [6.45, 7) is 0. The molecule has 0 aromatic heterocycles. The van der Waals surface area contributed by atoms with Gasteiger partial charge in [0, 0.05) is 0 Å². The molecule has 0 saturated carbocycles. The Balaban J connectivity index is -0.00000000409. The zero-order valence-corrected chi connectivity index (χ0v) is 10.3. The molecule has 0 aliphatic heterocycles. The molecule has 8 nitrogen and oxygen atoms in total. The van der Waals surface area contributed by atoms with Gasteiger partial charge in [0.25, 0.3) is 0 Å². The van der Waals surface area contributed by atoms with Crippen LogP contribution >= 0.6 is 0 Å². The summed E-state index contributed by atoms with van der Waals surface area (Å²) < 4.78 is 41.4. The fourth-order valence-electron chi connectivity index (χ4n) is 0. The Morgan fingerprint density at radius 3 is 0.615 bits per heavy atom. The van der Waals surface area contributed by atoms with Crippen LogP contribution in [0, 0.1) is 0 Å². The van der Waals surface area contributed by atoms with Crippen LogP contribution in [0.15, 0.2) is 0 Å². The maximum Gasteiger partial charge on any atom is -2.00 e. The van der Waals surface area contributed by atoms with E-state index in [0.29, 0.717) is 0 Å². The Hall–Kier alpha value is 0.444. The Bertz CT molecular complexity index is 84.3. The van der Waals surface area contributed by atoms with Gasteiger partial charge in [-0.2, -0.15) is 0 Å². The minimum atomic E-state index is -1.42. The van der Waals surface area contributed by atoms with Crippen LogP contribution in [0.3, 0.4) is 0 Å². The van der Waals surface area contributed by atoms with E-state index < -0.39 is 18.6 Å². The molecular formula is Al2BO8Si2. The van der Waals surface area contributed by atoms with E-state index >= 15 is 0 Å². The van der Waals surface area contributed by atoms with Gasteiger partial charge in [0.2, 0.25) is 0 Å². The third-order valence-electron chi connectivity index (χ3n) is 0. The molecule has 0 atom stereocenters. The van der Waals surface area contributed by atoms with Crippen molar-refractivity contribution >= 4 is 61.0 Å². The standard InChI is InChI=1S/2Al.BO.2O2Si.3O/c;;1-2;2*1-3-2;;;/q2*+3;;;;3*-2. The quantitative estimate of drug-likeness (QED) is 0.419. The Morgan fingerprint density at radius 1 is 0.615 bits per heavy atom. The summed E-state index contributed by atoms with van der Waals surface area (Å²) in [6.07, 6.45) is 0. The summed E-state index contributed by atoms with van der Waals surface area (Å²) in [7, 11) is 0.417. The first-order valence-electron chi connectivity index (χ1n) is 1.05. The van der Waals surface area contributed by atoms with Crippen LogP contribution in [0.2, 0.25) is 0 Å². The van der Waals surface area contributed by atoms with Crippen molar-refractivity contribution in [3.8, 4) is 0 Å². The van der Waals surface area contributed by atoms with Crippen molar-refractivity contribution in [3.05, 3.63) is 0 Å². The third kappa shape index (κ3) is 6900. The average Bonchev–Trinajstić information content (AvgIpc) is 1.75. The fraction of sp³-hybridized carbons (Fsp3) is 0. The summed E-state index contributed by atoms with van der Waals surface area (Å²) >= 11 is 0. The molecule has 0 aromatic carbocycles. The molecule has 1 radical (unpaired) electrons. The first kappa shape index (κ1) is 70.2. The van der Waals surface area contributed by atoms with E-state index in [9.17, 15) is 0 Å². The zero-order valence-electron chi connectivity index (χ0n) is 6.00. The van der Waals surface area contributed by atoms with Crippen molar-refractivity contribution in [2.24, 2.45) is 0 Å². The van der Waals surface area contributed by atoms with Gasteiger partial charge < -0.3 is 16.4 Å². The Labute approximate surface area is 100.0 Å². The maximum absolute atomic E-state index is 8.40. The molecule has 0 rings (SSSR count). The predicted octanol–water partition coefficient (Wildman–Crippen LogP) is -2.85. The molecule has 13 heavy (non-hydrogen) atoms. The van der Waals surface area contributed by atoms with Crippen LogP contribution in [0.4, 0.5) is 0 Å². The van der Waals surface area contributed by atoms with Gasteiger partial charge in [0.05, 0.1) is 0 Å². The smallest absolute Gasteiger partial charge is 2.00 e. The second-order valence-electron chi connectivity index (χ2n) is 0.167. The van der Waals surface area contributed by atoms with Crippen LogP contribution in [0.1, 0.15) is 0 Å². The summed E-state index contributed by atoms with van der Waals surface area (Å²) in [5.74, 6) is 0. The minimum Gasteiger partial charge on any atom is -2.00 e. The molecule has 0 heterocycles. The van der Waals surface area contributed by atoms with Crippen molar-refractivity contribution in [1.29, 1.82) is 0 Å². The number of hydrogen-bond acceptors (Lipinski definition) is 5. The Kier molecular flexibility index (Phi) is 1470. The van der Waals surface area contributed by atoms with E-state index in [2.05, 4.69) is 7.72 Å². The molecule has 65 valence electrons. The summed E-state index contributed by atoms with van der Waals surface area (Å²) in [6, 6.07) is 0. The van der Waals surface area contributed by atoms with E-state index in [-0.39, 0.29) is 51.2 Å². The maximum atomic E-state index is 8.40. The SMILES string of the molecule is O=[Si]=O.O=[Si]=O.[Al+3].[Al+3].[B]=O.[O-2].[O-2].[O-2]. The minimum absolute atomic E-state index is 0. The molecule has 0 aliphatic carbocycles. The van der Waals surface area contributed by atoms with E-state index in [4.69, 9.17) is 22.6 Å². The fourth-order valence-corrected chi connectivity index (χ4v) is 0. The van der Waals surface area contributed by atoms with Crippen LogP contribution in [-0.2, 0) is 39.0 Å². The van der Waals surface area contributed by atoms with Crippen molar-refractivity contribution in [2.45, 2.75) is 0 Å². The molecule has 0 spiro atoms. The van der Waals surface area contributed by atoms with Crippen LogP contribution in [0.5, 0.6) is 0 Å². The molecule has 0 aliphatic rings. The third-order valence-corrected chi connectivity index (χ3v) is 0. The van der Waals surface area contributed by atoms with E-state index in [1.54, 1.807) is 0 Å². The van der Waals surface area contributed by atoms with Gasteiger partial charge in [-0.1, -0.05) is 0 Å². The molecule has 0 bridgehead atoms. The van der Waals surface area contributed by atoms with E-state index in [1.807, 2.05) is 0 Å². The summed E-state index contributed by atoms with van der Waals surface area (Å²) in [4.78, 5) is 0. The Morgan fingerprint density at radius 2 is 0.615 bits per heavy atom. The van der Waals surface area contributed by atoms with Gasteiger partial charge in [-0.15, -0.1) is 0 Å². The molecule has 0 fully saturated rings. The topological polar surface area (TPSA) is 171 Å². The van der Waals surface area contributed by atoms with Gasteiger partial charge in [-0.3, -0.25) is 17.8 Å². The number of rotatable bonds is 0. The van der Waals surface area contributed by atoms with E-state index in [1.165, 1.54) is 0 Å². The predicted molar refractivity (Wildman–Crippen MR) is 34.3 cm³/mol. The van der Waals surface area contributed by atoms with Gasteiger partial charge in [0.1, 0.15) is 0 Å². The number of hydrogen-bond donors (Lipinski definition) is 0. The zero-order chi connectivity index (χ0) is 7.41. The molecule has 0 amide bonds. The molecule has 13 heteroatoms. The van der Waals surface area contributed by atoms with Gasteiger partial charge >= 0.3 is 65.7 Å².